The first kappa shape index (κ1) is 24.5. The van der Waals surface area contributed by atoms with Crippen molar-refractivity contribution in [1.82, 2.24) is 4.57 Å². The molecule has 188 valence electrons. The molecule has 5 rings (SSSR count). The van der Waals surface area contributed by atoms with Crippen LogP contribution < -0.4 is 15.9 Å². The highest BCUT2D eigenvalue weighted by atomic mass is 32.2. The van der Waals surface area contributed by atoms with Gasteiger partial charge in [0.05, 0.1) is 24.7 Å². The zero-order valence-electron chi connectivity index (χ0n) is 19.2. The largest absolute Gasteiger partial charge is 0.505 e. The van der Waals surface area contributed by atoms with Crippen molar-refractivity contribution in [3.63, 3.8) is 0 Å². The normalized spacial score (nSPS) is 11.8. The first-order valence-corrected chi connectivity index (χ1v) is 11.8. The molecule has 0 aliphatic heterocycles. The van der Waals surface area contributed by atoms with Crippen LogP contribution in [0.2, 0.25) is 0 Å². The number of hydrogen-bond acceptors (Lipinski definition) is 6. The molecule has 0 saturated carbocycles. The van der Waals surface area contributed by atoms with Crippen LogP contribution in [0.1, 0.15) is 11.1 Å². The lowest BCUT2D eigenvalue weighted by atomic mass is 10.1. The number of benzene rings is 3. The number of para-hydroxylation sites is 1. The summed E-state index contributed by atoms with van der Waals surface area (Å²) < 4.78 is 51.7. The second kappa shape index (κ2) is 9.36. The van der Waals surface area contributed by atoms with Crippen LogP contribution in [0.15, 0.2) is 96.6 Å². The van der Waals surface area contributed by atoms with E-state index in [9.17, 15) is 27.9 Å². The van der Waals surface area contributed by atoms with Gasteiger partial charge in [-0.05, 0) is 48.0 Å². The van der Waals surface area contributed by atoms with E-state index >= 15 is 0 Å². The van der Waals surface area contributed by atoms with Gasteiger partial charge >= 0.3 is 11.8 Å². The first-order valence-electron chi connectivity index (χ1n) is 11.0. The van der Waals surface area contributed by atoms with Crippen molar-refractivity contribution in [2.45, 2.75) is 22.5 Å². The smallest absolute Gasteiger partial charge is 0.416 e. The fraction of sp³-hybridized carbons (Fsp3) is 0.111. The van der Waals surface area contributed by atoms with Gasteiger partial charge in [0.1, 0.15) is 16.0 Å². The Morgan fingerprint density at radius 3 is 2.51 bits per heavy atom. The Bertz CT molecular complexity index is 1780. The molecular weight excluding hydrogens is 507 g/mol. The van der Waals surface area contributed by atoms with Crippen molar-refractivity contribution in [2.24, 2.45) is 0 Å². The lowest BCUT2D eigenvalue weighted by Crippen LogP contribution is -2.22. The number of alkyl halides is 3. The third kappa shape index (κ3) is 4.55. The molecule has 37 heavy (non-hydrogen) atoms. The van der Waals surface area contributed by atoms with Crippen molar-refractivity contribution < 1.29 is 27.4 Å². The van der Waals surface area contributed by atoms with Crippen LogP contribution in [0.3, 0.4) is 0 Å². The standard InChI is InChI=1S/C27H18F3NO5S/c1-35-17-8-4-6-15(12-17)14-31-20-11-3-2-10-19(20)23-21(25(31)33)22(32)24(26(34)36-23)37-18-9-5-7-16(13-18)27(28,29)30/h2-13,32H,14H2,1H3. The van der Waals surface area contributed by atoms with Gasteiger partial charge in [0.15, 0.2) is 11.3 Å². The molecule has 2 heterocycles. The molecule has 0 fully saturated rings. The molecule has 3 aromatic carbocycles. The molecule has 2 aromatic heterocycles. The molecule has 0 spiro atoms. The van der Waals surface area contributed by atoms with Crippen LogP contribution in [-0.2, 0) is 12.7 Å². The summed E-state index contributed by atoms with van der Waals surface area (Å²) in [5, 5.41) is 11.3. The second-order valence-electron chi connectivity index (χ2n) is 8.16. The van der Waals surface area contributed by atoms with Crippen LogP contribution in [0.4, 0.5) is 13.2 Å². The number of halogens is 3. The fourth-order valence-corrected chi connectivity index (χ4v) is 4.99. The van der Waals surface area contributed by atoms with Gasteiger partial charge in [-0.2, -0.15) is 13.2 Å². The Hall–Kier alpha value is -4.18. The summed E-state index contributed by atoms with van der Waals surface area (Å²) in [6.07, 6.45) is -4.58. The van der Waals surface area contributed by atoms with Gasteiger partial charge in [0.2, 0.25) is 0 Å². The number of fused-ring (bicyclic) bond motifs is 3. The van der Waals surface area contributed by atoms with Gasteiger partial charge in [0, 0.05) is 10.3 Å². The van der Waals surface area contributed by atoms with Crippen molar-refractivity contribution in [3.05, 3.63) is 105 Å². The zero-order valence-corrected chi connectivity index (χ0v) is 20.0. The van der Waals surface area contributed by atoms with Gasteiger partial charge in [0.25, 0.3) is 5.56 Å². The van der Waals surface area contributed by atoms with Gasteiger partial charge in [-0.15, -0.1) is 0 Å². The highest BCUT2D eigenvalue weighted by molar-refractivity contribution is 7.99. The quantitative estimate of drug-likeness (QED) is 0.282. The average Bonchev–Trinajstić information content (AvgIpc) is 2.88. The Morgan fingerprint density at radius 2 is 1.76 bits per heavy atom. The van der Waals surface area contributed by atoms with E-state index in [2.05, 4.69) is 0 Å². The Kier molecular flexibility index (Phi) is 6.20. The number of hydrogen-bond donors (Lipinski definition) is 1. The molecule has 5 aromatic rings. The van der Waals surface area contributed by atoms with Gasteiger partial charge in [-0.1, -0.05) is 42.1 Å². The van der Waals surface area contributed by atoms with Crippen molar-refractivity contribution >= 4 is 33.6 Å². The summed E-state index contributed by atoms with van der Waals surface area (Å²) in [5.41, 5.74) is -1.37. The van der Waals surface area contributed by atoms with E-state index in [1.54, 1.807) is 42.5 Å². The van der Waals surface area contributed by atoms with Crippen LogP contribution in [-0.4, -0.2) is 16.8 Å². The maximum Gasteiger partial charge on any atom is 0.416 e. The number of pyridine rings is 1. The minimum Gasteiger partial charge on any atom is -0.505 e. The minimum absolute atomic E-state index is 0.0503. The molecule has 0 unspecified atom stereocenters. The number of nitrogens with zero attached hydrogens (tertiary/aromatic N) is 1. The van der Waals surface area contributed by atoms with Gasteiger partial charge < -0.3 is 18.8 Å². The van der Waals surface area contributed by atoms with Crippen LogP contribution in [0.25, 0.3) is 21.9 Å². The third-order valence-electron chi connectivity index (χ3n) is 5.81. The van der Waals surface area contributed by atoms with E-state index in [0.717, 1.165) is 17.7 Å². The molecule has 0 saturated heterocycles. The minimum atomic E-state index is -4.58. The predicted molar refractivity (Wildman–Crippen MR) is 134 cm³/mol. The fourth-order valence-electron chi connectivity index (χ4n) is 4.10. The first-order chi connectivity index (χ1) is 17.7. The SMILES string of the molecule is COc1cccc(Cn2c(=O)c3c(O)c(Sc4cccc(C(F)(F)F)c4)c(=O)oc3c3ccccc32)c1. The van der Waals surface area contributed by atoms with Gasteiger partial charge in [-0.25, -0.2) is 4.79 Å². The van der Waals surface area contributed by atoms with Crippen molar-refractivity contribution in [2.75, 3.05) is 7.11 Å². The van der Waals surface area contributed by atoms with E-state index in [0.29, 0.717) is 28.4 Å². The maximum atomic E-state index is 13.7. The van der Waals surface area contributed by atoms with E-state index in [1.807, 2.05) is 6.07 Å². The number of ether oxygens (including phenoxy) is 1. The summed E-state index contributed by atoms with van der Waals surface area (Å²) in [6.45, 7) is 0.126. The van der Waals surface area contributed by atoms with E-state index in [1.165, 1.54) is 23.8 Å². The summed E-state index contributed by atoms with van der Waals surface area (Å²) in [7, 11) is 1.53. The van der Waals surface area contributed by atoms with E-state index < -0.39 is 28.7 Å². The van der Waals surface area contributed by atoms with E-state index in [-0.39, 0.29) is 27.3 Å². The number of aromatic nitrogens is 1. The molecule has 10 heteroatoms. The monoisotopic (exact) mass is 525 g/mol. The summed E-state index contributed by atoms with van der Waals surface area (Å²) >= 11 is 0.594. The number of aromatic hydroxyl groups is 1. The van der Waals surface area contributed by atoms with Gasteiger partial charge in [-0.3, -0.25) is 4.79 Å². The maximum absolute atomic E-state index is 13.7. The molecule has 0 atom stereocenters. The lowest BCUT2D eigenvalue weighted by molar-refractivity contribution is -0.137. The molecule has 0 aliphatic carbocycles. The van der Waals surface area contributed by atoms with Crippen LogP contribution >= 0.6 is 11.8 Å². The predicted octanol–water partition coefficient (Wildman–Crippen LogP) is 6.04. The third-order valence-corrected chi connectivity index (χ3v) is 6.87. The average molecular weight is 526 g/mol. The lowest BCUT2D eigenvalue weighted by Gasteiger charge is -2.15. The Balaban J connectivity index is 1.72. The molecular formula is C27H18F3NO5S. The van der Waals surface area contributed by atoms with Crippen molar-refractivity contribution in [1.29, 1.82) is 0 Å². The highest BCUT2D eigenvalue weighted by Crippen LogP contribution is 2.39. The molecule has 1 N–H and O–H groups in total. The second-order valence-corrected chi connectivity index (χ2v) is 9.24. The van der Waals surface area contributed by atoms with Crippen molar-refractivity contribution in [3.8, 4) is 11.5 Å². The zero-order chi connectivity index (χ0) is 26.3. The summed E-state index contributed by atoms with van der Waals surface area (Å²) in [5.74, 6) is -0.0481. The summed E-state index contributed by atoms with van der Waals surface area (Å²) in [4.78, 5) is 26.2. The topological polar surface area (TPSA) is 81.7 Å². The Morgan fingerprint density at radius 1 is 1.00 bits per heavy atom. The van der Waals surface area contributed by atoms with Crippen LogP contribution in [0, 0.1) is 0 Å². The molecule has 0 radical (unpaired) electrons. The van der Waals surface area contributed by atoms with Crippen LogP contribution in [0.5, 0.6) is 11.5 Å². The molecule has 0 aliphatic rings. The summed E-state index contributed by atoms with van der Waals surface area (Å²) in [6, 6.07) is 18.2. The molecule has 6 nitrogen and oxygen atoms in total. The number of rotatable bonds is 5. The molecule has 0 bridgehead atoms. The number of methoxy groups -OCH3 is 1. The highest BCUT2D eigenvalue weighted by Gasteiger charge is 2.31. The Labute approximate surface area is 211 Å². The molecule has 0 amide bonds. The van der Waals surface area contributed by atoms with E-state index in [4.69, 9.17) is 9.15 Å².